The number of aryl methyl sites for hydroxylation is 2. The van der Waals surface area contributed by atoms with Crippen LogP contribution in [0.3, 0.4) is 0 Å². The zero-order valence-corrected chi connectivity index (χ0v) is 8.42. The van der Waals surface area contributed by atoms with Crippen molar-refractivity contribution < 1.29 is 9.53 Å². The van der Waals surface area contributed by atoms with E-state index in [1.165, 1.54) is 7.11 Å². The molecule has 72 valence electrons. The fourth-order valence-electron chi connectivity index (χ4n) is 1.27. The van der Waals surface area contributed by atoms with Crippen LogP contribution < -0.4 is 0 Å². The predicted octanol–water partition coefficient (Wildman–Crippen LogP) is 0.752. The largest absolute Gasteiger partial charge is 0.469 e. The summed E-state index contributed by atoms with van der Waals surface area (Å²) in [7, 11) is 3.22. The van der Waals surface area contributed by atoms with Gasteiger partial charge < -0.3 is 4.74 Å². The van der Waals surface area contributed by atoms with Gasteiger partial charge in [-0.2, -0.15) is 5.10 Å². The first-order valence-corrected chi connectivity index (χ1v) is 4.12. The van der Waals surface area contributed by atoms with Crippen molar-refractivity contribution in [1.29, 1.82) is 0 Å². The summed E-state index contributed by atoms with van der Waals surface area (Å²) in [6, 6.07) is 0. The second-order valence-electron chi connectivity index (χ2n) is 3.03. The van der Waals surface area contributed by atoms with Crippen molar-refractivity contribution in [1.82, 2.24) is 9.78 Å². The lowest BCUT2D eigenvalue weighted by atomic mass is 10.2. The summed E-state index contributed by atoms with van der Waals surface area (Å²) in [4.78, 5) is 11.0. The molecule has 13 heavy (non-hydrogen) atoms. The fraction of sp³-hybridized carbons (Fsp3) is 0.556. The summed E-state index contributed by atoms with van der Waals surface area (Å²) in [6.07, 6.45) is 0.291. The van der Waals surface area contributed by atoms with Gasteiger partial charge in [0.15, 0.2) is 0 Å². The topological polar surface area (TPSA) is 44.1 Å². The molecule has 0 fully saturated rings. The van der Waals surface area contributed by atoms with Crippen LogP contribution in [0.25, 0.3) is 0 Å². The molecule has 4 heteroatoms. The number of methoxy groups -OCH3 is 1. The van der Waals surface area contributed by atoms with Crippen molar-refractivity contribution >= 4 is 5.97 Å². The summed E-state index contributed by atoms with van der Waals surface area (Å²) in [5.74, 6) is -0.230. The molecule has 1 aromatic heterocycles. The van der Waals surface area contributed by atoms with Crippen molar-refractivity contribution in [3.8, 4) is 0 Å². The number of esters is 1. The van der Waals surface area contributed by atoms with E-state index in [0.29, 0.717) is 6.42 Å². The van der Waals surface area contributed by atoms with Crippen LogP contribution in [-0.4, -0.2) is 22.9 Å². The van der Waals surface area contributed by atoms with E-state index in [9.17, 15) is 4.79 Å². The summed E-state index contributed by atoms with van der Waals surface area (Å²) >= 11 is 0. The second-order valence-corrected chi connectivity index (χ2v) is 3.03. The highest BCUT2D eigenvalue weighted by atomic mass is 16.5. The van der Waals surface area contributed by atoms with E-state index in [1.807, 2.05) is 20.9 Å². The Hall–Kier alpha value is -1.32. The van der Waals surface area contributed by atoms with Crippen LogP contribution in [-0.2, 0) is 23.0 Å². The van der Waals surface area contributed by atoms with Crippen LogP contribution in [0.5, 0.6) is 0 Å². The van der Waals surface area contributed by atoms with Crippen LogP contribution in [0.15, 0.2) is 0 Å². The van der Waals surface area contributed by atoms with Gasteiger partial charge in [0.1, 0.15) is 0 Å². The Morgan fingerprint density at radius 2 is 2.15 bits per heavy atom. The monoisotopic (exact) mass is 182 g/mol. The van der Waals surface area contributed by atoms with E-state index in [0.717, 1.165) is 17.0 Å². The van der Waals surface area contributed by atoms with Gasteiger partial charge in [-0.3, -0.25) is 9.48 Å². The van der Waals surface area contributed by atoms with E-state index in [-0.39, 0.29) is 5.97 Å². The Balaban J connectivity index is 2.94. The molecule has 0 aliphatic heterocycles. The van der Waals surface area contributed by atoms with Crippen LogP contribution in [0, 0.1) is 13.8 Å². The van der Waals surface area contributed by atoms with Crippen molar-refractivity contribution in [3.05, 3.63) is 17.0 Å². The quantitative estimate of drug-likeness (QED) is 0.634. The van der Waals surface area contributed by atoms with Gasteiger partial charge in [-0.25, -0.2) is 0 Å². The van der Waals surface area contributed by atoms with E-state index in [1.54, 1.807) is 4.68 Å². The first kappa shape index (κ1) is 9.77. The predicted molar refractivity (Wildman–Crippen MR) is 48.4 cm³/mol. The summed E-state index contributed by atoms with van der Waals surface area (Å²) < 4.78 is 6.32. The normalized spacial score (nSPS) is 10.2. The van der Waals surface area contributed by atoms with Crippen molar-refractivity contribution in [3.63, 3.8) is 0 Å². The number of ether oxygens (including phenoxy) is 1. The molecule has 4 nitrogen and oxygen atoms in total. The lowest BCUT2D eigenvalue weighted by Gasteiger charge is -2.01. The summed E-state index contributed by atoms with van der Waals surface area (Å²) in [5, 5.41) is 4.21. The molecule has 0 aliphatic rings. The molecule has 1 rings (SSSR count). The van der Waals surface area contributed by atoms with Gasteiger partial charge in [-0.1, -0.05) is 0 Å². The SMILES string of the molecule is COC(=O)Cc1c(C)c(C)nn1C. The molecule has 0 N–H and O–H groups in total. The highest BCUT2D eigenvalue weighted by molar-refractivity contribution is 5.72. The van der Waals surface area contributed by atoms with Crippen LogP contribution >= 0.6 is 0 Å². The molecule has 0 aliphatic carbocycles. The van der Waals surface area contributed by atoms with E-state index >= 15 is 0 Å². The van der Waals surface area contributed by atoms with Crippen LogP contribution in [0.2, 0.25) is 0 Å². The lowest BCUT2D eigenvalue weighted by Crippen LogP contribution is -2.09. The fourth-order valence-corrected chi connectivity index (χ4v) is 1.27. The van der Waals surface area contributed by atoms with Crippen molar-refractivity contribution in [2.24, 2.45) is 7.05 Å². The Kier molecular flexibility index (Phi) is 2.70. The minimum atomic E-state index is -0.230. The average Bonchev–Trinajstić information content (AvgIpc) is 2.32. The molecule has 0 saturated carbocycles. The van der Waals surface area contributed by atoms with Gasteiger partial charge in [-0.15, -0.1) is 0 Å². The minimum Gasteiger partial charge on any atom is -0.469 e. The number of hydrogen-bond acceptors (Lipinski definition) is 3. The molecule has 0 unspecified atom stereocenters. The highest BCUT2D eigenvalue weighted by Gasteiger charge is 2.12. The first-order valence-electron chi connectivity index (χ1n) is 4.12. The Labute approximate surface area is 77.5 Å². The molecular formula is C9H14N2O2. The minimum absolute atomic E-state index is 0.230. The van der Waals surface area contributed by atoms with E-state index in [4.69, 9.17) is 0 Å². The molecule has 0 atom stereocenters. The molecule has 0 spiro atoms. The van der Waals surface area contributed by atoms with Crippen molar-refractivity contribution in [2.75, 3.05) is 7.11 Å². The average molecular weight is 182 g/mol. The maximum absolute atomic E-state index is 11.0. The van der Waals surface area contributed by atoms with Gasteiger partial charge in [0, 0.05) is 7.05 Å². The number of hydrogen-bond donors (Lipinski definition) is 0. The zero-order chi connectivity index (χ0) is 10.0. The lowest BCUT2D eigenvalue weighted by molar-refractivity contribution is -0.139. The van der Waals surface area contributed by atoms with Gasteiger partial charge in [0.2, 0.25) is 0 Å². The van der Waals surface area contributed by atoms with Crippen molar-refractivity contribution in [2.45, 2.75) is 20.3 Å². The molecule has 0 radical (unpaired) electrons. The summed E-state index contributed by atoms with van der Waals surface area (Å²) in [5.41, 5.74) is 2.94. The maximum Gasteiger partial charge on any atom is 0.311 e. The smallest absolute Gasteiger partial charge is 0.311 e. The third-order valence-electron chi connectivity index (χ3n) is 2.21. The molecule has 0 amide bonds. The maximum atomic E-state index is 11.0. The third kappa shape index (κ3) is 1.88. The van der Waals surface area contributed by atoms with Crippen LogP contribution in [0.4, 0.5) is 0 Å². The molecule has 0 bridgehead atoms. The number of nitrogens with zero attached hydrogens (tertiary/aromatic N) is 2. The number of aromatic nitrogens is 2. The molecule has 1 heterocycles. The van der Waals surface area contributed by atoms with Gasteiger partial charge in [0.05, 0.1) is 24.9 Å². The first-order chi connectivity index (χ1) is 6.06. The number of carbonyl (C=O) groups excluding carboxylic acids is 1. The number of carbonyl (C=O) groups is 1. The Bertz CT molecular complexity index is 329. The third-order valence-corrected chi connectivity index (χ3v) is 2.21. The molecule has 0 saturated heterocycles. The zero-order valence-electron chi connectivity index (χ0n) is 8.42. The Morgan fingerprint density at radius 1 is 1.54 bits per heavy atom. The number of rotatable bonds is 2. The van der Waals surface area contributed by atoms with Crippen LogP contribution in [0.1, 0.15) is 17.0 Å². The second kappa shape index (κ2) is 3.60. The van der Waals surface area contributed by atoms with E-state index < -0.39 is 0 Å². The van der Waals surface area contributed by atoms with Gasteiger partial charge in [-0.05, 0) is 19.4 Å². The summed E-state index contributed by atoms with van der Waals surface area (Å²) in [6.45, 7) is 3.89. The molecule has 0 aromatic carbocycles. The molecule has 1 aromatic rings. The van der Waals surface area contributed by atoms with Gasteiger partial charge in [0.25, 0.3) is 0 Å². The van der Waals surface area contributed by atoms with Gasteiger partial charge >= 0.3 is 5.97 Å². The highest BCUT2D eigenvalue weighted by Crippen LogP contribution is 2.11. The standard InChI is InChI=1S/C9H14N2O2/c1-6-7(2)10-11(3)8(6)5-9(12)13-4/h5H2,1-4H3. The molecular weight excluding hydrogens is 168 g/mol. The van der Waals surface area contributed by atoms with E-state index in [2.05, 4.69) is 9.84 Å². The Morgan fingerprint density at radius 3 is 2.54 bits per heavy atom.